The summed E-state index contributed by atoms with van der Waals surface area (Å²) >= 11 is 0. The van der Waals surface area contributed by atoms with E-state index in [1.54, 1.807) is 18.2 Å². The van der Waals surface area contributed by atoms with Crippen molar-refractivity contribution in [1.29, 1.82) is 0 Å². The maximum Gasteiger partial charge on any atom is 0.312 e. The molecule has 1 saturated heterocycles. The molecule has 0 amide bonds. The summed E-state index contributed by atoms with van der Waals surface area (Å²) in [4.78, 5) is 11.9. The third kappa shape index (κ3) is 2.74. The summed E-state index contributed by atoms with van der Waals surface area (Å²) in [5.41, 5.74) is 0.491. The molecule has 1 aliphatic heterocycles. The molecule has 2 rings (SSSR count). The largest absolute Gasteiger partial charge is 0.493 e. The highest BCUT2D eigenvalue weighted by atomic mass is 16.5. The van der Waals surface area contributed by atoms with Crippen molar-refractivity contribution in [2.24, 2.45) is 11.8 Å². The molecule has 6 nitrogen and oxygen atoms in total. The molecule has 1 aliphatic rings. The molecule has 0 bridgehead atoms. The monoisotopic (exact) mass is 308 g/mol. The number of benzene rings is 1. The van der Waals surface area contributed by atoms with Gasteiger partial charge in [-0.25, -0.2) is 0 Å². The van der Waals surface area contributed by atoms with E-state index in [2.05, 4.69) is 6.58 Å². The highest BCUT2D eigenvalue weighted by molar-refractivity contribution is 5.76. The van der Waals surface area contributed by atoms with Gasteiger partial charge in [0.05, 0.1) is 40.0 Å². The van der Waals surface area contributed by atoms with Crippen molar-refractivity contribution >= 4 is 5.97 Å². The number of hydrogen-bond donors (Lipinski definition) is 1. The summed E-state index contributed by atoms with van der Waals surface area (Å²) in [6.07, 6.45) is 0.572. The molecule has 1 aromatic rings. The topological polar surface area (TPSA) is 74.2 Å². The third-order valence-electron chi connectivity index (χ3n) is 3.82. The second kappa shape index (κ2) is 6.70. The van der Waals surface area contributed by atoms with Crippen LogP contribution < -0.4 is 14.2 Å². The van der Waals surface area contributed by atoms with Gasteiger partial charge in [0.1, 0.15) is 0 Å². The van der Waals surface area contributed by atoms with Crippen molar-refractivity contribution in [2.75, 3.05) is 27.9 Å². The lowest BCUT2D eigenvalue weighted by atomic mass is 9.86. The quantitative estimate of drug-likeness (QED) is 0.637. The number of carbonyl (C=O) groups is 1. The standard InChI is InChI=1S/C16H20O6/c1-5-9-8-22-16(18)13(9)14(17)10-6-11(19-2)15(21-4)12(7-10)20-3/h5-7,9,13-14,17H,1,8H2,2-4H3/t9-,13-,14?/m0/s1. The minimum Gasteiger partial charge on any atom is -0.493 e. The Morgan fingerprint density at radius 1 is 1.27 bits per heavy atom. The molecule has 0 radical (unpaired) electrons. The fourth-order valence-corrected chi connectivity index (χ4v) is 2.61. The van der Waals surface area contributed by atoms with E-state index in [1.807, 2.05) is 0 Å². The van der Waals surface area contributed by atoms with Gasteiger partial charge in [0, 0.05) is 5.92 Å². The van der Waals surface area contributed by atoms with Gasteiger partial charge >= 0.3 is 5.97 Å². The molecule has 0 aromatic heterocycles. The summed E-state index contributed by atoms with van der Waals surface area (Å²) in [6.45, 7) is 3.92. The Bertz CT molecular complexity index is 543. The van der Waals surface area contributed by atoms with Crippen LogP contribution in [0.2, 0.25) is 0 Å². The predicted molar refractivity (Wildman–Crippen MR) is 79.2 cm³/mol. The van der Waals surface area contributed by atoms with Gasteiger partial charge in [-0.05, 0) is 17.7 Å². The Hall–Kier alpha value is -2.21. The minimum atomic E-state index is -1.05. The van der Waals surface area contributed by atoms with E-state index in [0.717, 1.165) is 0 Å². The molecule has 0 aliphatic carbocycles. The van der Waals surface area contributed by atoms with Crippen LogP contribution in [-0.4, -0.2) is 39.0 Å². The lowest BCUT2D eigenvalue weighted by Crippen LogP contribution is -2.23. The van der Waals surface area contributed by atoms with Gasteiger partial charge in [-0.2, -0.15) is 0 Å². The first-order chi connectivity index (χ1) is 10.6. The van der Waals surface area contributed by atoms with Gasteiger partial charge in [-0.1, -0.05) is 6.08 Å². The maximum absolute atomic E-state index is 11.9. The molecule has 3 atom stereocenters. The van der Waals surface area contributed by atoms with Crippen LogP contribution in [0.1, 0.15) is 11.7 Å². The molecule has 1 fully saturated rings. The fraction of sp³-hybridized carbons (Fsp3) is 0.438. The number of cyclic esters (lactones) is 1. The van der Waals surface area contributed by atoms with Crippen LogP contribution >= 0.6 is 0 Å². The normalized spacial score (nSPS) is 21.9. The number of ether oxygens (including phenoxy) is 4. The number of rotatable bonds is 6. The summed E-state index contributed by atoms with van der Waals surface area (Å²) < 4.78 is 20.8. The van der Waals surface area contributed by atoms with E-state index < -0.39 is 18.0 Å². The van der Waals surface area contributed by atoms with Gasteiger partial charge < -0.3 is 24.1 Å². The zero-order chi connectivity index (χ0) is 16.3. The number of methoxy groups -OCH3 is 3. The number of aliphatic hydroxyl groups excluding tert-OH is 1. The summed E-state index contributed by atoms with van der Waals surface area (Å²) in [6, 6.07) is 3.25. The van der Waals surface area contributed by atoms with Crippen molar-refractivity contribution in [2.45, 2.75) is 6.10 Å². The van der Waals surface area contributed by atoms with E-state index in [0.29, 0.717) is 22.8 Å². The van der Waals surface area contributed by atoms with Crippen molar-refractivity contribution in [3.63, 3.8) is 0 Å². The van der Waals surface area contributed by atoms with Crippen molar-refractivity contribution in [1.82, 2.24) is 0 Å². The molecule has 1 heterocycles. The van der Waals surface area contributed by atoms with Crippen LogP contribution in [0.15, 0.2) is 24.8 Å². The molecular formula is C16H20O6. The molecule has 1 N–H and O–H groups in total. The van der Waals surface area contributed by atoms with Gasteiger partial charge in [0.25, 0.3) is 0 Å². The van der Waals surface area contributed by atoms with E-state index in [4.69, 9.17) is 18.9 Å². The molecule has 6 heteroatoms. The smallest absolute Gasteiger partial charge is 0.312 e. The van der Waals surface area contributed by atoms with Crippen LogP contribution in [0.5, 0.6) is 17.2 Å². The third-order valence-corrected chi connectivity index (χ3v) is 3.82. The highest BCUT2D eigenvalue weighted by Crippen LogP contribution is 2.42. The fourth-order valence-electron chi connectivity index (χ4n) is 2.61. The first kappa shape index (κ1) is 16.2. The van der Waals surface area contributed by atoms with Crippen LogP contribution in [0.25, 0.3) is 0 Å². The van der Waals surface area contributed by atoms with Gasteiger partial charge in [0.15, 0.2) is 11.5 Å². The van der Waals surface area contributed by atoms with Crippen LogP contribution in [-0.2, 0) is 9.53 Å². The molecule has 1 aromatic carbocycles. The molecule has 22 heavy (non-hydrogen) atoms. The van der Waals surface area contributed by atoms with Crippen molar-refractivity contribution in [3.8, 4) is 17.2 Å². The van der Waals surface area contributed by atoms with Crippen LogP contribution in [0, 0.1) is 11.8 Å². The zero-order valence-electron chi connectivity index (χ0n) is 12.9. The molecule has 1 unspecified atom stereocenters. The Balaban J connectivity index is 2.43. The number of aliphatic hydroxyl groups is 1. The van der Waals surface area contributed by atoms with Gasteiger partial charge in [-0.3, -0.25) is 4.79 Å². The van der Waals surface area contributed by atoms with Crippen molar-refractivity contribution < 1.29 is 28.8 Å². The van der Waals surface area contributed by atoms with E-state index in [9.17, 15) is 9.90 Å². The van der Waals surface area contributed by atoms with Gasteiger partial charge in [-0.15, -0.1) is 6.58 Å². The molecule has 0 spiro atoms. The number of esters is 1. The molecule has 0 saturated carbocycles. The lowest BCUT2D eigenvalue weighted by molar-refractivity contribution is -0.144. The predicted octanol–water partition coefficient (Wildman–Crippen LogP) is 1.72. The van der Waals surface area contributed by atoms with E-state index in [1.165, 1.54) is 21.3 Å². The molecule has 120 valence electrons. The minimum absolute atomic E-state index is 0.231. The Morgan fingerprint density at radius 2 is 1.86 bits per heavy atom. The average molecular weight is 308 g/mol. The number of carbonyl (C=O) groups excluding carboxylic acids is 1. The van der Waals surface area contributed by atoms with Crippen LogP contribution in [0.4, 0.5) is 0 Å². The van der Waals surface area contributed by atoms with Crippen LogP contribution in [0.3, 0.4) is 0 Å². The summed E-state index contributed by atoms with van der Waals surface area (Å²) in [5.74, 6) is -0.113. The Labute approximate surface area is 129 Å². The average Bonchev–Trinajstić information content (AvgIpc) is 2.93. The Kier molecular flexibility index (Phi) is 4.92. The number of hydrogen-bond acceptors (Lipinski definition) is 6. The lowest BCUT2D eigenvalue weighted by Gasteiger charge is -2.21. The van der Waals surface area contributed by atoms with Crippen molar-refractivity contribution in [3.05, 3.63) is 30.4 Å². The van der Waals surface area contributed by atoms with E-state index in [-0.39, 0.29) is 12.5 Å². The summed E-state index contributed by atoms with van der Waals surface area (Å²) in [7, 11) is 4.48. The highest BCUT2D eigenvalue weighted by Gasteiger charge is 2.41. The second-order valence-electron chi connectivity index (χ2n) is 4.96. The molecular weight excluding hydrogens is 288 g/mol. The Morgan fingerprint density at radius 3 is 2.32 bits per heavy atom. The SMILES string of the molecule is C=C[C@H]1COC(=O)[C@@H]1C(O)c1cc(OC)c(OC)c(OC)c1. The first-order valence-electron chi connectivity index (χ1n) is 6.84. The second-order valence-corrected chi connectivity index (χ2v) is 4.96. The summed E-state index contributed by atoms with van der Waals surface area (Å²) in [5, 5.41) is 10.6. The van der Waals surface area contributed by atoms with Gasteiger partial charge in [0.2, 0.25) is 5.75 Å². The maximum atomic E-state index is 11.9. The first-order valence-corrected chi connectivity index (χ1v) is 6.84. The zero-order valence-corrected chi connectivity index (χ0v) is 12.9. The van der Waals surface area contributed by atoms with E-state index >= 15 is 0 Å².